The summed E-state index contributed by atoms with van der Waals surface area (Å²) in [5.41, 5.74) is 5.65. The molecule has 0 aliphatic carbocycles. The molecule has 5 nitrogen and oxygen atoms in total. The lowest BCUT2D eigenvalue weighted by Gasteiger charge is -2.29. The molecule has 1 aliphatic heterocycles. The third-order valence-electron chi connectivity index (χ3n) is 5.72. The van der Waals surface area contributed by atoms with Gasteiger partial charge in [0, 0.05) is 42.2 Å². The van der Waals surface area contributed by atoms with E-state index in [0.29, 0.717) is 6.54 Å². The number of hydrogen-bond donors (Lipinski definition) is 1. The molecule has 4 heterocycles. The van der Waals surface area contributed by atoms with Crippen LogP contribution in [0.5, 0.6) is 0 Å². The lowest BCUT2D eigenvalue weighted by Crippen LogP contribution is -2.30. The summed E-state index contributed by atoms with van der Waals surface area (Å²) in [6.07, 6.45) is 5.48. The predicted octanol–water partition coefficient (Wildman–Crippen LogP) is 4.75. The van der Waals surface area contributed by atoms with E-state index in [1.165, 1.54) is 17.0 Å². The monoisotopic (exact) mass is 425 g/mol. The van der Waals surface area contributed by atoms with E-state index in [9.17, 15) is 0 Å². The van der Waals surface area contributed by atoms with E-state index in [1.54, 1.807) is 0 Å². The maximum absolute atomic E-state index is 5.82. The fourth-order valence-electron chi connectivity index (χ4n) is 4.30. The molecular formula is C25H23N5S. The van der Waals surface area contributed by atoms with Crippen LogP contribution >= 0.6 is 12.2 Å². The summed E-state index contributed by atoms with van der Waals surface area (Å²) in [5, 5.41) is 4.28. The lowest BCUT2D eigenvalue weighted by atomic mass is 10.0. The minimum atomic E-state index is -0.0488. The first kappa shape index (κ1) is 19.5. The molecular weight excluding hydrogens is 402 g/mol. The first-order valence-electron chi connectivity index (χ1n) is 10.3. The number of rotatable bonds is 5. The molecule has 5 rings (SSSR count). The first-order chi connectivity index (χ1) is 15.2. The maximum Gasteiger partial charge on any atom is 0.170 e. The van der Waals surface area contributed by atoms with Gasteiger partial charge < -0.3 is 14.8 Å². The molecule has 1 N–H and O–H groups in total. The number of benzene rings is 1. The van der Waals surface area contributed by atoms with Crippen LogP contribution in [-0.2, 0) is 6.54 Å². The van der Waals surface area contributed by atoms with Gasteiger partial charge in [0.1, 0.15) is 0 Å². The Hall–Kier alpha value is -3.51. The fraction of sp³-hybridized carbons (Fsp3) is 0.160. The van der Waals surface area contributed by atoms with Crippen molar-refractivity contribution in [2.45, 2.75) is 25.6 Å². The molecule has 3 aromatic heterocycles. The molecule has 0 saturated carbocycles. The molecule has 1 fully saturated rings. The predicted molar refractivity (Wildman–Crippen MR) is 126 cm³/mol. The van der Waals surface area contributed by atoms with Gasteiger partial charge in [-0.3, -0.25) is 9.97 Å². The van der Waals surface area contributed by atoms with Crippen molar-refractivity contribution in [1.29, 1.82) is 0 Å². The second-order valence-electron chi connectivity index (χ2n) is 7.68. The summed E-state index contributed by atoms with van der Waals surface area (Å²) >= 11 is 5.82. The highest BCUT2D eigenvalue weighted by Crippen LogP contribution is 2.40. The largest absolute Gasteiger partial charge is 0.352 e. The molecule has 2 atom stereocenters. The minimum absolute atomic E-state index is 0.00975. The second-order valence-corrected chi connectivity index (χ2v) is 8.07. The van der Waals surface area contributed by atoms with Crippen LogP contribution in [0.3, 0.4) is 0 Å². The zero-order valence-corrected chi connectivity index (χ0v) is 18.0. The van der Waals surface area contributed by atoms with E-state index in [4.69, 9.17) is 12.2 Å². The molecule has 0 spiro atoms. The molecule has 0 radical (unpaired) electrons. The quantitative estimate of drug-likeness (QED) is 0.468. The Bertz CT molecular complexity index is 1170. The van der Waals surface area contributed by atoms with Crippen molar-refractivity contribution < 1.29 is 0 Å². The van der Waals surface area contributed by atoms with Gasteiger partial charge in [0.2, 0.25) is 0 Å². The second kappa shape index (κ2) is 8.32. The van der Waals surface area contributed by atoms with E-state index < -0.39 is 0 Å². The van der Waals surface area contributed by atoms with E-state index in [-0.39, 0.29) is 12.1 Å². The molecule has 6 heteroatoms. The molecule has 0 bridgehead atoms. The van der Waals surface area contributed by atoms with Gasteiger partial charge in [0.25, 0.3) is 0 Å². The van der Waals surface area contributed by atoms with Crippen molar-refractivity contribution in [2.75, 3.05) is 0 Å². The lowest BCUT2D eigenvalue weighted by molar-refractivity contribution is 0.302. The van der Waals surface area contributed by atoms with Gasteiger partial charge in [-0.2, -0.15) is 0 Å². The highest BCUT2D eigenvalue weighted by Gasteiger charge is 2.41. The summed E-state index contributed by atoms with van der Waals surface area (Å²) in [5.74, 6) is 0. The van der Waals surface area contributed by atoms with Crippen LogP contribution in [0, 0.1) is 6.92 Å². The van der Waals surface area contributed by atoms with Crippen molar-refractivity contribution in [3.63, 3.8) is 0 Å². The summed E-state index contributed by atoms with van der Waals surface area (Å²) in [7, 11) is 0. The zero-order valence-electron chi connectivity index (χ0n) is 17.2. The first-order valence-corrected chi connectivity index (χ1v) is 10.7. The summed E-state index contributed by atoms with van der Waals surface area (Å²) in [6, 6.07) is 24.9. The van der Waals surface area contributed by atoms with E-state index in [0.717, 1.165) is 16.5 Å². The Kier molecular flexibility index (Phi) is 5.22. The minimum Gasteiger partial charge on any atom is -0.352 e. The van der Waals surface area contributed by atoms with Crippen molar-refractivity contribution in [3.8, 4) is 5.69 Å². The molecule has 154 valence electrons. The van der Waals surface area contributed by atoms with Crippen LogP contribution in [0.15, 0.2) is 91.4 Å². The third kappa shape index (κ3) is 3.70. The van der Waals surface area contributed by atoms with Crippen molar-refractivity contribution in [2.24, 2.45) is 0 Å². The summed E-state index contributed by atoms with van der Waals surface area (Å²) in [4.78, 5) is 11.1. The van der Waals surface area contributed by atoms with Gasteiger partial charge >= 0.3 is 0 Å². The molecule has 0 unspecified atom stereocenters. The van der Waals surface area contributed by atoms with Gasteiger partial charge in [-0.1, -0.05) is 24.3 Å². The Morgan fingerprint density at radius 1 is 0.903 bits per heavy atom. The van der Waals surface area contributed by atoms with Crippen LogP contribution in [0.1, 0.15) is 34.7 Å². The van der Waals surface area contributed by atoms with Gasteiger partial charge in [-0.15, -0.1) is 0 Å². The van der Waals surface area contributed by atoms with E-state index in [1.807, 2.05) is 48.9 Å². The number of pyridine rings is 2. The third-order valence-corrected chi connectivity index (χ3v) is 6.08. The number of para-hydroxylation sites is 1. The Balaban J connectivity index is 1.63. The Morgan fingerprint density at radius 3 is 2.42 bits per heavy atom. The molecule has 4 aromatic rings. The molecule has 31 heavy (non-hydrogen) atoms. The van der Waals surface area contributed by atoms with Crippen LogP contribution in [-0.4, -0.2) is 24.5 Å². The van der Waals surface area contributed by atoms with Crippen molar-refractivity contribution in [1.82, 2.24) is 24.8 Å². The Labute approximate surface area is 187 Å². The number of thiocarbonyl (C=S) groups is 1. The number of hydrogen-bond acceptors (Lipinski definition) is 3. The highest BCUT2D eigenvalue weighted by molar-refractivity contribution is 7.80. The average molecular weight is 426 g/mol. The number of aryl methyl sites for hydroxylation is 1. The van der Waals surface area contributed by atoms with E-state index >= 15 is 0 Å². The van der Waals surface area contributed by atoms with Gasteiger partial charge in [0.15, 0.2) is 5.11 Å². The van der Waals surface area contributed by atoms with E-state index in [2.05, 4.69) is 74.1 Å². The zero-order chi connectivity index (χ0) is 21.2. The van der Waals surface area contributed by atoms with Crippen molar-refractivity contribution >= 4 is 17.3 Å². The van der Waals surface area contributed by atoms with Gasteiger partial charge in [-0.25, -0.2) is 0 Å². The molecule has 1 aromatic carbocycles. The van der Waals surface area contributed by atoms with Crippen molar-refractivity contribution in [3.05, 3.63) is 114 Å². The topological polar surface area (TPSA) is 46.0 Å². The normalized spacial score (nSPS) is 18.2. The van der Waals surface area contributed by atoms with Crippen LogP contribution in [0.25, 0.3) is 5.69 Å². The van der Waals surface area contributed by atoms with Gasteiger partial charge in [-0.05, 0) is 73.2 Å². The summed E-state index contributed by atoms with van der Waals surface area (Å²) < 4.78 is 2.32. The van der Waals surface area contributed by atoms with Crippen LogP contribution < -0.4 is 5.32 Å². The smallest absolute Gasteiger partial charge is 0.170 e. The average Bonchev–Trinajstić information content (AvgIpc) is 3.35. The van der Waals surface area contributed by atoms with Crippen LogP contribution in [0.2, 0.25) is 0 Å². The number of nitrogens with zero attached hydrogens (tertiary/aromatic N) is 4. The fourth-order valence-corrected chi connectivity index (χ4v) is 4.61. The molecule has 0 amide bonds. The maximum atomic E-state index is 5.82. The Morgan fingerprint density at radius 2 is 1.68 bits per heavy atom. The highest BCUT2D eigenvalue weighted by atomic mass is 32.1. The standard InChI is InChI=1S/C25H23N5S/c1-18-10-11-22(30(18)20-7-3-2-4-8-20)24-23(21-9-5-6-14-27-21)28-25(31)29(24)17-19-12-15-26-16-13-19/h2-16,23-24H,17H2,1H3,(H,28,31)/t23-,24+/m0/s1. The number of nitrogens with one attached hydrogen (secondary N) is 1. The molecule has 1 aliphatic rings. The van der Waals surface area contributed by atoms with Crippen LogP contribution in [0.4, 0.5) is 0 Å². The SMILES string of the molecule is Cc1ccc([C@@H]2[C@H](c3ccccn3)NC(=S)N2Cc2ccncc2)n1-c1ccccc1. The number of aromatic nitrogens is 3. The van der Waals surface area contributed by atoms with Gasteiger partial charge in [0.05, 0.1) is 17.8 Å². The summed E-state index contributed by atoms with van der Waals surface area (Å²) in [6.45, 7) is 2.83. The molecule has 1 saturated heterocycles.